The molecule has 1 saturated carbocycles. The van der Waals surface area contributed by atoms with Gasteiger partial charge in [-0.15, -0.1) is 0 Å². The third-order valence-corrected chi connectivity index (χ3v) is 7.50. The van der Waals surface area contributed by atoms with E-state index in [2.05, 4.69) is 86.3 Å². The Morgan fingerprint density at radius 3 is 2.57 bits per heavy atom. The Morgan fingerprint density at radius 2 is 1.68 bits per heavy atom. The summed E-state index contributed by atoms with van der Waals surface area (Å²) in [6.07, 6.45) is 3.99. The lowest BCUT2D eigenvalue weighted by Crippen LogP contribution is -2.27. The second-order valence-electron chi connectivity index (χ2n) is 9.44. The summed E-state index contributed by atoms with van der Waals surface area (Å²) in [5, 5.41) is 0. The van der Waals surface area contributed by atoms with Crippen molar-refractivity contribution in [3.8, 4) is 11.1 Å². The molecular weight excluding hydrogens is 338 g/mol. The van der Waals surface area contributed by atoms with E-state index < -0.39 is 0 Å². The lowest BCUT2D eigenvalue weighted by atomic mass is 9.82. The van der Waals surface area contributed by atoms with Crippen LogP contribution in [0.2, 0.25) is 0 Å². The van der Waals surface area contributed by atoms with Gasteiger partial charge in [0.1, 0.15) is 0 Å². The largest absolute Gasteiger partial charge is 0.338 e. The minimum Gasteiger partial charge on any atom is -0.338 e. The van der Waals surface area contributed by atoms with Gasteiger partial charge in [0.15, 0.2) is 0 Å². The molecule has 1 heteroatoms. The van der Waals surface area contributed by atoms with Crippen LogP contribution in [0.25, 0.3) is 11.1 Å². The number of aryl methyl sites for hydroxylation is 1. The van der Waals surface area contributed by atoms with E-state index in [-0.39, 0.29) is 5.41 Å². The second kappa shape index (κ2) is 5.50. The van der Waals surface area contributed by atoms with Gasteiger partial charge in [-0.1, -0.05) is 68.3 Å². The minimum atomic E-state index is 0.0623. The molecule has 0 amide bonds. The van der Waals surface area contributed by atoms with Gasteiger partial charge in [0.25, 0.3) is 0 Å². The molecule has 0 aromatic heterocycles. The molecule has 2 atom stereocenters. The Labute approximate surface area is 168 Å². The number of benzene rings is 3. The summed E-state index contributed by atoms with van der Waals surface area (Å²) >= 11 is 0. The Bertz CT molecular complexity index is 1110. The Kier molecular flexibility index (Phi) is 3.23. The van der Waals surface area contributed by atoms with Crippen LogP contribution in [0.15, 0.2) is 60.7 Å². The summed E-state index contributed by atoms with van der Waals surface area (Å²) in [6, 6.07) is 23.8. The molecule has 6 rings (SSSR count). The molecule has 3 aliphatic rings. The van der Waals surface area contributed by atoms with Crippen LogP contribution in [-0.4, -0.2) is 6.04 Å². The molecule has 1 nitrogen and oxygen atoms in total. The summed E-state index contributed by atoms with van der Waals surface area (Å²) in [4.78, 5) is 2.66. The van der Waals surface area contributed by atoms with Gasteiger partial charge in [-0.2, -0.15) is 0 Å². The average Bonchev–Trinajstić information content (AvgIpc) is 3.34. The molecule has 0 N–H and O–H groups in total. The standard InChI is InChI=1S/C27H27N/c1-17-11-14-26-22(15-17)21-8-6-10-25(21)28(26)18-12-13-20-19-7-4-5-9-23(19)27(2,3)24(20)16-18/h4-5,7,9,11-16,21,25H,6,8,10H2,1-3H3. The van der Waals surface area contributed by atoms with E-state index in [1.54, 1.807) is 5.56 Å². The molecule has 0 radical (unpaired) electrons. The molecule has 2 unspecified atom stereocenters. The average molecular weight is 366 g/mol. The maximum Gasteiger partial charge on any atom is 0.0449 e. The molecule has 1 fully saturated rings. The molecule has 140 valence electrons. The molecule has 0 saturated heterocycles. The van der Waals surface area contributed by atoms with Crippen LogP contribution >= 0.6 is 0 Å². The van der Waals surface area contributed by atoms with Crippen molar-refractivity contribution in [1.82, 2.24) is 0 Å². The second-order valence-corrected chi connectivity index (χ2v) is 9.44. The van der Waals surface area contributed by atoms with Gasteiger partial charge in [0.2, 0.25) is 0 Å². The molecule has 0 spiro atoms. The number of hydrogen-bond acceptors (Lipinski definition) is 1. The zero-order valence-corrected chi connectivity index (χ0v) is 17.0. The lowest BCUT2D eigenvalue weighted by Gasteiger charge is -2.29. The minimum absolute atomic E-state index is 0.0623. The molecule has 3 aromatic carbocycles. The van der Waals surface area contributed by atoms with Gasteiger partial charge in [-0.25, -0.2) is 0 Å². The smallest absolute Gasteiger partial charge is 0.0449 e. The van der Waals surface area contributed by atoms with Crippen molar-refractivity contribution in [2.45, 2.75) is 57.4 Å². The zero-order chi connectivity index (χ0) is 19.0. The van der Waals surface area contributed by atoms with Crippen molar-refractivity contribution in [3.63, 3.8) is 0 Å². The predicted molar refractivity (Wildman–Crippen MR) is 118 cm³/mol. The van der Waals surface area contributed by atoms with Crippen LogP contribution in [-0.2, 0) is 5.41 Å². The molecule has 2 aliphatic carbocycles. The van der Waals surface area contributed by atoms with Crippen molar-refractivity contribution in [3.05, 3.63) is 82.9 Å². The van der Waals surface area contributed by atoms with Crippen molar-refractivity contribution in [1.29, 1.82) is 0 Å². The van der Waals surface area contributed by atoms with E-state index in [1.165, 1.54) is 58.5 Å². The van der Waals surface area contributed by atoms with E-state index in [1.807, 2.05) is 0 Å². The summed E-state index contributed by atoms with van der Waals surface area (Å²) in [5.41, 5.74) is 11.6. The Hall–Kier alpha value is -2.54. The first-order valence-electron chi connectivity index (χ1n) is 10.7. The quantitative estimate of drug-likeness (QED) is 0.445. The summed E-state index contributed by atoms with van der Waals surface area (Å²) in [5.74, 6) is 0.702. The van der Waals surface area contributed by atoms with Crippen molar-refractivity contribution in [2.24, 2.45) is 0 Å². The monoisotopic (exact) mass is 365 g/mol. The first-order valence-corrected chi connectivity index (χ1v) is 10.7. The molecule has 1 aliphatic heterocycles. The number of rotatable bonds is 1. The van der Waals surface area contributed by atoms with Crippen LogP contribution in [0.4, 0.5) is 11.4 Å². The highest BCUT2D eigenvalue weighted by atomic mass is 15.2. The third kappa shape index (κ3) is 2.02. The first kappa shape index (κ1) is 16.4. The summed E-state index contributed by atoms with van der Waals surface area (Å²) < 4.78 is 0. The highest BCUT2D eigenvalue weighted by molar-refractivity contribution is 5.84. The van der Waals surface area contributed by atoms with Gasteiger partial charge >= 0.3 is 0 Å². The number of nitrogens with zero attached hydrogens (tertiary/aromatic N) is 1. The highest BCUT2D eigenvalue weighted by Crippen LogP contribution is 2.55. The predicted octanol–water partition coefficient (Wildman–Crippen LogP) is 7.09. The Morgan fingerprint density at radius 1 is 0.857 bits per heavy atom. The molecule has 1 heterocycles. The maximum absolute atomic E-state index is 2.66. The summed E-state index contributed by atoms with van der Waals surface area (Å²) in [7, 11) is 0. The van der Waals surface area contributed by atoms with Crippen molar-refractivity contribution < 1.29 is 0 Å². The van der Waals surface area contributed by atoms with Crippen LogP contribution in [0.3, 0.4) is 0 Å². The fourth-order valence-corrected chi connectivity index (χ4v) is 6.15. The van der Waals surface area contributed by atoms with Gasteiger partial charge < -0.3 is 4.90 Å². The third-order valence-electron chi connectivity index (χ3n) is 7.50. The van der Waals surface area contributed by atoms with Gasteiger partial charge in [-0.3, -0.25) is 0 Å². The van der Waals surface area contributed by atoms with E-state index in [4.69, 9.17) is 0 Å². The topological polar surface area (TPSA) is 3.24 Å². The fraction of sp³-hybridized carbons (Fsp3) is 0.333. The molecular formula is C27H27N. The SMILES string of the molecule is Cc1ccc2c(c1)C1CCCC1N2c1ccc2c(c1)C(C)(C)c1ccccc1-2. The lowest BCUT2D eigenvalue weighted by molar-refractivity contribution is 0.638. The van der Waals surface area contributed by atoms with Crippen LogP contribution in [0.5, 0.6) is 0 Å². The molecule has 3 aromatic rings. The number of anilines is 2. The van der Waals surface area contributed by atoms with Gasteiger partial charge in [-0.05, 0) is 65.8 Å². The zero-order valence-electron chi connectivity index (χ0n) is 17.0. The van der Waals surface area contributed by atoms with Crippen LogP contribution in [0.1, 0.15) is 61.3 Å². The summed E-state index contributed by atoms with van der Waals surface area (Å²) in [6.45, 7) is 6.98. The van der Waals surface area contributed by atoms with Crippen molar-refractivity contribution in [2.75, 3.05) is 4.90 Å². The highest BCUT2D eigenvalue weighted by Gasteiger charge is 2.43. The van der Waals surface area contributed by atoms with E-state index in [0.29, 0.717) is 12.0 Å². The molecule has 0 bridgehead atoms. The normalized spacial score (nSPS) is 23.3. The van der Waals surface area contributed by atoms with Crippen LogP contribution < -0.4 is 4.90 Å². The van der Waals surface area contributed by atoms with Gasteiger partial charge in [0.05, 0.1) is 0 Å². The van der Waals surface area contributed by atoms with Gasteiger partial charge in [0, 0.05) is 28.7 Å². The maximum atomic E-state index is 2.66. The molecule has 28 heavy (non-hydrogen) atoms. The fourth-order valence-electron chi connectivity index (χ4n) is 6.15. The van der Waals surface area contributed by atoms with E-state index in [0.717, 1.165) is 0 Å². The number of hydrogen-bond donors (Lipinski definition) is 0. The van der Waals surface area contributed by atoms with Crippen molar-refractivity contribution >= 4 is 11.4 Å². The van der Waals surface area contributed by atoms with E-state index in [9.17, 15) is 0 Å². The first-order chi connectivity index (χ1) is 13.6. The number of fused-ring (bicyclic) bond motifs is 6. The van der Waals surface area contributed by atoms with E-state index >= 15 is 0 Å². The van der Waals surface area contributed by atoms with Crippen LogP contribution in [0, 0.1) is 6.92 Å². The Balaban J connectivity index is 1.52.